The lowest BCUT2D eigenvalue weighted by Gasteiger charge is -2.21. The van der Waals surface area contributed by atoms with Gasteiger partial charge in [-0.2, -0.15) is 4.98 Å². The van der Waals surface area contributed by atoms with Crippen molar-refractivity contribution in [3.8, 4) is 0 Å². The van der Waals surface area contributed by atoms with Crippen LogP contribution in [-0.2, 0) is 15.7 Å². The van der Waals surface area contributed by atoms with E-state index in [0.717, 1.165) is 18.4 Å². The molecule has 1 saturated carbocycles. The summed E-state index contributed by atoms with van der Waals surface area (Å²) in [5, 5.41) is 9.86. The van der Waals surface area contributed by atoms with Crippen LogP contribution in [0, 0.1) is 0 Å². The fourth-order valence-electron chi connectivity index (χ4n) is 2.60. The molecule has 1 aromatic heterocycles. The average Bonchev–Trinajstić information content (AvgIpc) is 3.28. The van der Waals surface area contributed by atoms with Crippen molar-refractivity contribution in [1.29, 1.82) is 0 Å². The van der Waals surface area contributed by atoms with Gasteiger partial charge in [-0.25, -0.2) is 0 Å². The first-order chi connectivity index (χ1) is 13.5. The third kappa shape index (κ3) is 5.53. The van der Waals surface area contributed by atoms with Gasteiger partial charge in [0.1, 0.15) is 0 Å². The Labute approximate surface area is 171 Å². The molecule has 0 radical (unpaired) electrons. The highest BCUT2D eigenvalue weighted by Gasteiger charge is 2.31. The number of nitrogens with zero attached hydrogens (tertiary/aromatic N) is 2. The number of carbonyl (C=O) groups is 2. The molecule has 7 nitrogen and oxygen atoms in total. The predicted octanol–water partition coefficient (Wildman–Crippen LogP) is 3.32. The zero-order valence-electron chi connectivity index (χ0n) is 17.6. The maximum atomic E-state index is 12.4. The lowest BCUT2D eigenvalue weighted by atomic mass is 9.97. The molecule has 1 heterocycles. The van der Waals surface area contributed by atoms with Crippen LogP contribution in [0.3, 0.4) is 0 Å². The minimum atomic E-state index is -0.779. The molecule has 1 aliphatic carbocycles. The molecule has 2 aromatic rings. The maximum Gasteiger partial charge on any atom is 0.251 e. The first-order valence-electron chi connectivity index (χ1n) is 9.80. The van der Waals surface area contributed by atoms with Crippen LogP contribution in [-0.4, -0.2) is 28.0 Å². The Morgan fingerprint density at radius 3 is 2.31 bits per heavy atom. The van der Waals surface area contributed by atoms with Crippen LogP contribution in [0.15, 0.2) is 34.9 Å². The van der Waals surface area contributed by atoms with E-state index in [1.165, 1.54) is 6.08 Å². The van der Waals surface area contributed by atoms with E-state index in [1.54, 1.807) is 18.2 Å². The summed E-state index contributed by atoms with van der Waals surface area (Å²) in [5.41, 5.74) is 0.411. The molecule has 29 heavy (non-hydrogen) atoms. The van der Waals surface area contributed by atoms with Gasteiger partial charge in [0.2, 0.25) is 11.8 Å². The molecule has 2 N–H and O–H groups in total. The van der Waals surface area contributed by atoms with Crippen LogP contribution in [0.25, 0.3) is 6.08 Å². The van der Waals surface area contributed by atoms with Gasteiger partial charge in [-0.15, -0.1) is 0 Å². The second-order valence-electron chi connectivity index (χ2n) is 8.99. The molecule has 0 saturated heterocycles. The van der Waals surface area contributed by atoms with Crippen molar-refractivity contribution in [3.05, 3.63) is 53.2 Å². The smallest absolute Gasteiger partial charge is 0.251 e. The molecule has 0 unspecified atom stereocenters. The van der Waals surface area contributed by atoms with Crippen LogP contribution in [0.1, 0.15) is 75.1 Å². The highest BCUT2D eigenvalue weighted by Crippen LogP contribution is 2.24. The quantitative estimate of drug-likeness (QED) is 0.730. The number of amides is 2. The zero-order valence-corrected chi connectivity index (χ0v) is 17.6. The summed E-state index contributed by atoms with van der Waals surface area (Å²) in [6.07, 6.45) is 5.26. The molecule has 0 atom stereocenters. The highest BCUT2D eigenvalue weighted by molar-refractivity contribution is 5.95. The van der Waals surface area contributed by atoms with Gasteiger partial charge in [0.15, 0.2) is 5.82 Å². The zero-order chi connectivity index (χ0) is 21.2. The van der Waals surface area contributed by atoms with Gasteiger partial charge in [-0.05, 0) is 50.5 Å². The largest absolute Gasteiger partial charge is 0.349 e. The van der Waals surface area contributed by atoms with Crippen LogP contribution in [0.5, 0.6) is 0 Å². The minimum Gasteiger partial charge on any atom is -0.349 e. The number of aromatic nitrogens is 2. The van der Waals surface area contributed by atoms with E-state index in [-0.39, 0.29) is 17.2 Å². The number of nitrogens with one attached hydrogen (secondary N) is 2. The Morgan fingerprint density at radius 2 is 1.76 bits per heavy atom. The minimum absolute atomic E-state index is 0.0581. The Morgan fingerprint density at radius 1 is 1.10 bits per heavy atom. The first kappa shape index (κ1) is 20.8. The van der Waals surface area contributed by atoms with Crippen LogP contribution >= 0.6 is 0 Å². The van der Waals surface area contributed by atoms with Crippen molar-refractivity contribution in [3.63, 3.8) is 0 Å². The summed E-state index contributed by atoms with van der Waals surface area (Å²) in [7, 11) is 0. The molecule has 2 amide bonds. The van der Waals surface area contributed by atoms with E-state index in [4.69, 9.17) is 4.52 Å². The Balaban J connectivity index is 1.59. The molecule has 1 aliphatic rings. The normalized spacial score (nSPS) is 14.8. The van der Waals surface area contributed by atoms with E-state index in [9.17, 15) is 9.59 Å². The Kier molecular flexibility index (Phi) is 5.59. The second-order valence-corrected chi connectivity index (χ2v) is 8.99. The second kappa shape index (κ2) is 7.81. The third-order valence-corrected chi connectivity index (χ3v) is 4.57. The van der Waals surface area contributed by atoms with Gasteiger partial charge in [-0.1, -0.05) is 38.1 Å². The van der Waals surface area contributed by atoms with Crippen LogP contribution in [0.4, 0.5) is 0 Å². The summed E-state index contributed by atoms with van der Waals surface area (Å²) < 4.78 is 5.32. The van der Waals surface area contributed by atoms with Crippen molar-refractivity contribution in [2.45, 2.75) is 64.5 Å². The maximum absolute atomic E-state index is 12.4. The summed E-state index contributed by atoms with van der Waals surface area (Å²) in [4.78, 5) is 28.8. The van der Waals surface area contributed by atoms with Gasteiger partial charge >= 0.3 is 0 Å². The van der Waals surface area contributed by atoms with E-state index >= 15 is 0 Å². The molecule has 0 spiro atoms. The Hall–Kier alpha value is -2.96. The van der Waals surface area contributed by atoms with Gasteiger partial charge in [0, 0.05) is 23.1 Å². The molecule has 7 heteroatoms. The number of rotatable bonds is 6. The number of hydrogen-bond donors (Lipinski definition) is 2. The van der Waals surface area contributed by atoms with Crippen LogP contribution in [0.2, 0.25) is 0 Å². The SMILES string of the molecule is CC(C)(C)c1nc(C(C)(C)NC(=O)/C=C/c2ccc(C(=O)NC3CC3)cc2)no1. The summed E-state index contributed by atoms with van der Waals surface area (Å²) in [5.74, 6) is 0.622. The fourth-order valence-corrected chi connectivity index (χ4v) is 2.60. The molecule has 1 aromatic carbocycles. The molecular formula is C22H28N4O3. The van der Waals surface area contributed by atoms with Gasteiger partial charge < -0.3 is 15.2 Å². The lowest BCUT2D eigenvalue weighted by molar-refractivity contribution is -0.118. The number of hydrogen-bond acceptors (Lipinski definition) is 5. The lowest BCUT2D eigenvalue weighted by Crippen LogP contribution is -2.41. The number of carbonyl (C=O) groups excluding carboxylic acids is 2. The van der Waals surface area contributed by atoms with E-state index in [2.05, 4.69) is 20.8 Å². The van der Waals surface area contributed by atoms with Crippen molar-refractivity contribution in [1.82, 2.24) is 20.8 Å². The highest BCUT2D eigenvalue weighted by atomic mass is 16.5. The molecule has 0 bridgehead atoms. The summed E-state index contributed by atoms with van der Waals surface area (Å²) in [6, 6.07) is 7.46. The predicted molar refractivity (Wildman–Crippen MR) is 110 cm³/mol. The average molecular weight is 396 g/mol. The van der Waals surface area contributed by atoms with Crippen LogP contribution < -0.4 is 10.6 Å². The third-order valence-electron chi connectivity index (χ3n) is 4.57. The van der Waals surface area contributed by atoms with Crippen molar-refractivity contribution >= 4 is 17.9 Å². The van der Waals surface area contributed by atoms with Crippen molar-refractivity contribution in [2.75, 3.05) is 0 Å². The van der Waals surface area contributed by atoms with Crippen molar-refractivity contribution < 1.29 is 14.1 Å². The van der Waals surface area contributed by atoms with Crippen molar-refractivity contribution in [2.24, 2.45) is 0 Å². The standard InChI is InChI=1S/C22H28N4O3/c1-21(2,3)20-24-19(26-29-20)22(4,5)25-17(27)13-8-14-6-9-15(10-7-14)18(28)23-16-11-12-16/h6-10,13,16H,11-12H2,1-5H3,(H,23,28)(H,25,27)/b13-8+. The van der Waals surface area contributed by atoms with E-state index in [0.29, 0.717) is 23.3 Å². The summed E-state index contributed by atoms with van der Waals surface area (Å²) in [6.45, 7) is 9.60. The van der Waals surface area contributed by atoms with Gasteiger partial charge in [0.05, 0.1) is 5.54 Å². The first-order valence-corrected chi connectivity index (χ1v) is 9.80. The van der Waals surface area contributed by atoms with E-state index in [1.807, 2.05) is 46.8 Å². The molecule has 0 aliphatic heterocycles. The summed E-state index contributed by atoms with van der Waals surface area (Å²) >= 11 is 0. The van der Waals surface area contributed by atoms with Gasteiger partial charge in [0.25, 0.3) is 5.91 Å². The van der Waals surface area contributed by atoms with E-state index < -0.39 is 5.54 Å². The Bertz CT molecular complexity index is 916. The molecular weight excluding hydrogens is 368 g/mol. The molecule has 1 fully saturated rings. The topological polar surface area (TPSA) is 97.1 Å². The monoisotopic (exact) mass is 396 g/mol. The fraction of sp³-hybridized carbons (Fsp3) is 0.455. The van der Waals surface area contributed by atoms with Gasteiger partial charge in [-0.3, -0.25) is 9.59 Å². The number of benzene rings is 1. The molecule has 3 rings (SSSR count). The molecule has 154 valence electrons.